The molecule has 0 unspecified atom stereocenters. The van der Waals surface area contributed by atoms with Gasteiger partial charge in [0.1, 0.15) is 11.5 Å². The topological polar surface area (TPSA) is 99.9 Å². The fraction of sp³-hybridized carbons (Fsp3) is 0.261. The molecule has 2 N–H and O–H groups in total. The predicted molar refractivity (Wildman–Crippen MR) is 117 cm³/mol. The van der Waals surface area contributed by atoms with E-state index in [1.807, 2.05) is 13.8 Å². The minimum absolute atomic E-state index is 0.0294. The number of rotatable bonds is 9. The van der Waals surface area contributed by atoms with Gasteiger partial charge in [-0.2, -0.15) is 0 Å². The van der Waals surface area contributed by atoms with Gasteiger partial charge in [-0.3, -0.25) is 4.79 Å². The summed E-state index contributed by atoms with van der Waals surface area (Å²) in [6.07, 6.45) is 1.49. The van der Waals surface area contributed by atoms with E-state index in [1.165, 1.54) is 11.2 Å². The average molecular weight is 443 g/mol. The number of aromatic hydroxyl groups is 1. The zero-order valence-corrected chi connectivity index (χ0v) is 18.4. The van der Waals surface area contributed by atoms with Crippen molar-refractivity contribution < 1.29 is 22.7 Å². The molecule has 0 fully saturated rings. The van der Waals surface area contributed by atoms with Gasteiger partial charge in [0.15, 0.2) is 0 Å². The number of carbonyl (C=O) groups excluding carboxylic acids is 1. The van der Waals surface area contributed by atoms with Crippen LogP contribution < -0.4 is 4.72 Å². The molecule has 2 aromatic carbocycles. The Morgan fingerprint density at radius 2 is 1.81 bits per heavy atom. The number of phenols is 1. The van der Waals surface area contributed by atoms with Crippen molar-refractivity contribution in [1.82, 2.24) is 9.62 Å². The largest absolute Gasteiger partial charge is 0.508 e. The number of sulfonamides is 1. The van der Waals surface area contributed by atoms with Gasteiger partial charge in [0.05, 0.1) is 17.7 Å². The lowest BCUT2D eigenvalue weighted by atomic mass is 10.1. The van der Waals surface area contributed by atoms with Crippen LogP contribution in [0.3, 0.4) is 0 Å². The molecule has 0 aliphatic rings. The van der Waals surface area contributed by atoms with Crippen molar-refractivity contribution in [1.29, 1.82) is 0 Å². The van der Waals surface area contributed by atoms with Gasteiger partial charge in [0.25, 0.3) is 0 Å². The maximum Gasteiger partial charge on any atom is 0.240 e. The molecule has 3 aromatic rings. The Labute approximate surface area is 182 Å². The van der Waals surface area contributed by atoms with Crippen LogP contribution in [0, 0.1) is 13.8 Å². The molecule has 3 rings (SSSR count). The number of hydrogen-bond acceptors (Lipinski definition) is 5. The highest BCUT2D eigenvalue weighted by Gasteiger charge is 2.19. The Morgan fingerprint density at radius 1 is 1.03 bits per heavy atom. The molecule has 164 valence electrons. The van der Waals surface area contributed by atoms with E-state index in [2.05, 4.69) is 4.72 Å². The van der Waals surface area contributed by atoms with Crippen molar-refractivity contribution >= 4 is 15.9 Å². The lowest BCUT2D eigenvalue weighted by molar-refractivity contribution is -0.132. The SMILES string of the molecule is Cc1ccc(S(=O)(=O)NCCC(=O)N(Cc2ccco2)Cc2ccccc2O)cc1C. The number of amides is 1. The van der Waals surface area contributed by atoms with Gasteiger partial charge in [-0.1, -0.05) is 24.3 Å². The van der Waals surface area contributed by atoms with Gasteiger partial charge in [0, 0.05) is 25.1 Å². The van der Waals surface area contributed by atoms with Crippen LogP contribution in [0.4, 0.5) is 0 Å². The maximum absolute atomic E-state index is 12.9. The highest BCUT2D eigenvalue weighted by atomic mass is 32.2. The highest BCUT2D eigenvalue weighted by molar-refractivity contribution is 7.89. The predicted octanol–water partition coefficient (Wildman–Crippen LogP) is 3.50. The lowest BCUT2D eigenvalue weighted by Crippen LogP contribution is -2.34. The summed E-state index contributed by atoms with van der Waals surface area (Å²) in [5.74, 6) is 0.428. The number of nitrogens with zero attached hydrogens (tertiary/aromatic N) is 1. The summed E-state index contributed by atoms with van der Waals surface area (Å²) >= 11 is 0. The van der Waals surface area contributed by atoms with Gasteiger partial charge in [-0.15, -0.1) is 0 Å². The number of aryl methyl sites for hydroxylation is 2. The molecular weight excluding hydrogens is 416 g/mol. The molecule has 0 saturated heterocycles. The fourth-order valence-electron chi connectivity index (χ4n) is 3.09. The summed E-state index contributed by atoms with van der Waals surface area (Å²) in [6.45, 7) is 4.11. The zero-order valence-electron chi connectivity index (χ0n) is 17.5. The number of hydrogen-bond donors (Lipinski definition) is 2. The summed E-state index contributed by atoms with van der Waals surface area (Å²) in [5.41, 5.74) is 2.48. The Kier molecular flexibility index (Phi) is 7.14. The van der Waals surface area contributed by atoms with E-state index in [1.54, 1.807) is 54.6 Å². The number of carbonyl (C=O) groups is 1. The van der Waals surface area contributed by atoms with Gasteiger partial charge < -0.3 is 14.4 Å². The van der Waals surface area contributed by atoms with Crippen molar-refractivity contribution in [2.75, 3.05) is 6.54 Å². The van der Waals surface area contributed by atoms with E-state index in [9.17, 15) is 18.3 Å². The Balaban J connectivity index is 1.66. The Bertz CT molecular complexity index is 1140. The molecule has 0 atom stereocenters. The van der Waals surface area contributed by atoms with Gasteiger partial charge in [0.2, 0.25) is 15.9 Å². The summed E-state index contributed by atoms with van der Waals surface area (Å²) in [6, 6.07) is 15.2. The number of furan rings is 1. The second-order valence-corrected chi connectivity index (χ2v) is 9.12. The van der Waals surface area contributed by atoms with Crippen LogP contribution in [0.2, 0.25) is 0 Å². The van der Waals surface area contributed by atoms with E-state index < -0.39 is 10.0 Å². The van der Waals surface area contributed by atoms with Gasteiger partial charge in [-0.05, 0) is 55.3 Å². The van der Waals surface area contributed by atoms with Crippen molar-refractivity contribution in [3.63, 3.8) is 0 Å². The van der Waals surface area contributed by atoms with Crippen LogP contribution in [0.1, 0.15) is 28.9 Å². The summed E-state index contributed by atoms with van der Waals surface area (Å²) in [5, 5.41) is 10.1. The molecule has 1 aromatic heterocycles. The van der Waals surface area contributed by atoms with Gasteiger partial charge >= 0.3 is 0 Å². The molecule has 1 amide bonds. The molecule has 0 aliphatic carbocycles. The zero-order chi connectivity index (χ0) is 22.4. The van der Waals surface area contributed by atoms with E-state index >= 15 is 0 Å². The van der Waals surface area contributed by atoms with Crippen molar-refractivity contribution in [3.8, 4) is 5.75 Å². The third kappa shape index (κ3) is 5.96. The molecular formula is C23H26N2O5S. The molecule has 7 nitrogen and oxygen atoms in total. The second kappa shape index (κ2) is 9.80. The van der Waals surface area contributed by atoms with Crippen LogP contribution in [0.25, 0.3) is 0 Å². The standard InChI is InChI=1S/C23H26N2O5S/c1-17-9-10-21(14-18(17)2)31(28,29)24-12-11-23(27)25(16-20-7-5-13-30-20)15-19-6-3-4-8-22(19)26/h3-10,13-14,24,26H,11-12,15-16H2,1-2H3. The Morgan fingerprint density at radius 3 is 2.48 bits per heavy atom. The van der Waals surface area contributed by atoms with Crippen LogP contribution in [-0.4, -0.2) is 30.9 Å². The van der Waals surface area contributed by atoms with Crippen LogP contribution >= 0.6 is 0 Å². The monoisotopic (exact) mass is 442 g/mol. The minimum Gasteiger partial charge on any atom is -0.508 e. The molecule has 1 heterocycles. The third-order valence-corrected chi connectivity index (χ3v) is 6.51. The smallest absolute Gasteiger partial charge is 0.240 e. The number of phenolic OH excluding ortho intramolecular Hbond substituents is 1. The molecule has 0 bridgehead atoms. The normalized spacial score (nSPS) is 11.4. The summed E-state index contributed by atoms with van der Waals surface area (Å²) < 4.78 is 33.0. The first-order valence-corrected chi connectivity index (χ1v) is 11.4. The number of para-hydroxylation sites is 1. The highest BCUT2D eigenvalue weighted by Crippen LogP contribution is 2.20. The number of benzene rings is 2. The van der Waals surface area contributed by atoms with Crippen molar-refractivity contribution in [2.45, 2.75) is 38.3 Å². The van der Waals surface area contributed by atoms with Gasteiger partial charge in [-0.25, -0.2) is 13.1 Å². The first kappa shape index (κ1) is 22.6. The Hall–Kier alpha value is -3.10. The van der Waals surface area contributed by atoms with Crippen LogP contribution in [0.15, 0.2) is 70.2 Å². The molecule has 0 aliphatic heterocycles. The van der Waals surface area contributed by atoms with E-state index in [0.717, 1.165) is 11.1 Å². The van der Waals surface area contributed by atoms with Crippen LogP contribution in [-0.2, 0) is 27.9 Å². The maximum atomic E-state index is 12.9. The first-order chi connectivity index (χ1) is 14.8. The first-order valence-electron chi connectivity index (χ1n) is 9.90. The molecule has 0 radical (unpaired) electrons. The quantitative estimate of drug-likeness (QED) is 0.528. The third-order valence-electron chi connectivity index (χ3n) is 5.05. The minimum atomic E-state index is -3.72. The molecule has 0 spiro atoms. The summed E-state index contributed by atoms with van der Waals surface area (Å²) in [7, 11) is -3.72. The molecule has 31 heavy (non-hydrogen) atoms. The van der Waals surface area contributed by atoms with Crippen LogP contribution in [0.5, 0.6) is 5.75 Å². The average Bonchev–Trinajstić information content (AvgIpc) is 3.24. The number of nitrogens with one attached hydrogen (secondary N) is 1. The van der Waals surface area contributed by atoms with E-state index in [0.29, 0.717) is 11.3 Å². The fourth-order valence-corrected chi connectivity index (χ4v) is 4.20. The lowest BCUT2D eigenvalue weighted by Gasteiger charge is -2.22. The molecule has 8 heteroatoms. The van der Waals surface area contributed by atoms with E-state index in [4.69, 9.17) is 4.42 Å². The van der Waals surface area contributed by atoms with E-state index in [-0.39, 0.29) is 42.6 Å². The van der Waals surface area contributed by atoms with Crippen molar-refractivity contribution in [2.24, 2.45) is 0 Å². The second-order valence-electron chi connectivity index (χ2n) is 7.35. The summed E-state index contributed by atoms with van der Waals surface area (Å²) in [4.78, 5) is 14.6. The molecule has 0 saturated carbocycles. The van der Waals surface area contributed by atoms with Crippen molar-refractivity contribution in [3.05, 3.63) is 83.3 Å².